The lowest BCUT2D eigenvalue weighted by Crippen LogP contribution is -2.45. The molecule has 0 bridgehead atoms. The zero-order valence-corrected chi connectivity index (χ0v) is 13.4. The number of likely N-dealkylation sites (tertiary alicyclic amines) is 1. The molecule has 1 unspecified atom stereocenters. The molecule has 1 rings (SSSR count). The summed E-state index contributed by atoms with van der Waals surface area (Å²) in [4.78, 5) is 14.1. The standard InChI is InChI=1S/C16H31NO2/c1-11(13(3)18)15(19)17-9-7-14(8-10-17)12(2)16(4,5)6/h11-14,18H,7-10H2,1-6H3/t11?,12-,13+/m1/s1. The van der Waals surface area contributed by atoms with Gasteiger partial charge in [-0.15, -0.1) is 0 Å². The highest BCUT2D eigenvalue weighted by molar-refractivity contribution is 5.79. The minimum absolute atomic E-state index is 0.108. The largest absolute Gasteiger partial charge is 0.393 e. The van der Waals surface area contributed by atoms with Gasteiger partial charge in [-0.2, -0.15) is 0 Å². The Hall–Kier alpha value is -0.570. The van der Waals surface area contributed by atoms with Crippen molar-refractivity contribution in [3.05, 3.63) is 0 Å². The number of amides is 1. The molecular formula is C16H31NO2. The summed E-state index contributed by atoms with van der Waals surface area (Å²) in [5.41, 5.74) is 0.337. The number of carbonyl (C=O) groups is 1. The normalized spacial score (nSPS) is 23.0. The summed E-state index contributed by atoms with van der Waals surface area (Å²) >= 11 is 0. The Labute approximate surface area is 118 Å². The topological polar surface area (TPSA) is 40.5 Å². The summed E-state index contributed by atoms with van der Waals surface area (Å²) in [6, 6.07) is 0. The maximum absolute atomic E-state index is 12.2. The van der Waals surface area contributed by atoms with Gasteiger partial charge in [-0.25, -0.2) is 0 Å². The van der Waals surface area contributed by atoms with Crippen LogP contribution in [0.1, 0.15) is 54.4 Å². The molecule has 0 aromatic heterocycles. The summed E-state index contributed by atoms with van der Waals surface area (Å²) in [5, 5.41) is 9.52. The Kier molecular flexibility index (Phi) is 5.43. The highest BCUT2D eigenvalue weighted by Gasteiger charge is 2.33. The quantitative estimate of drug-likeness (QED) is 0.856. The third-order valence-electron chi connectivity index (χ3n) is 5.04. The van der Waals surface area contributed by atoms with Gasteiger partial charge in [0.1, 0.15) is 0 Å². The van der Waals surface area contributed by atoms with E-state index in [0.717, 1.165) is 25.9 Å². The monoisotopic (exact) mass is 269 g/mol. The second-order valence-electron chi connectivity index (χ2n) is 7.35. The Morgan fingerprint density at radius 1 is 1.16 bits per heavy atom. The maximum atomic E-state index is 12.2. The van der Waals surface area contributed by atoms with Crippen LogP contribution in [0.3, 0.4) is 0 Å². The van der Waals surface area contributed by atoms with Gasteiger partial charge in [-0.1, -0.05) is 34.6 Å². The van der Waals surface area contributed by atoms with Gasteiger partial charge in [0.05, 0.1) is 12.0 Å². The van der Waals surface area contributed by atoms with Crippen LogP contribution in [0, 0.1) is 23.2 Å². The van der Waals surface area contributed by atoms with Gasteiger partial charge >= 0.3 is 0 Å². The highest BCUT2D eigenvalue weighted by Crippen LogP contribution is 2.37. The van der Waals surface area contributed by atoms with Crippen molar-refractivity contribution in [1.29, 1.82) is 0 Å². The smallest absolute Gasteiger partial charge is 0.227 e. The highest BCUT2D eigenvalue weighted by atomic mass is 16.3. The molecule has 19 heavy (non-hydrogen) atoms. The number of aliphatic hydroxyl groups is 1. The van der Waals surface area contributed by atoms with Crippen molar-refractivity contribution in [1.82, 2.24) is 4.90 Å². The lowest BCUT2D eigenvalue weighted by molar-refractivity contribution is -0.140. The number of hydrogen-bond acceptors (Lipinski definition) is 2. The van der Waals surface area contributed by atoms with E-state index in [1.54, 1.807) is 6.92 Å². The zero-order chi connectivity index (χ0) is 14.8. The van der Waals surface area contributed by atoms with Gasteiger partial charge in [0.2, 0.25) is 5.91 Å². The van der Waals surface area contributed by atoms with Gasteiger partial charge in [-0.05, 0) is 37.0 Å². The average molecular weight is 269 g/mol. The number of nitrogens with zero attached hydrogens (tertiary/aromatic N) is 1. The molecular weight excluding hydrogens is 238 g/mol. The molecule has 0 saturated carbocycles. The Balaban J connectivity index is 2.52. The minimum atomic E-state index is -0.557. The predicted molar refractivity (Wildman–Crippen MR) is 78.8 cm³/mol. The van der Waals surface area contributed by atoms with Crippen molar-refractivity contribution in [2.75, 3.05) is 13.1 Å². The minimum Gasteiger partial charge on any atom is -0.393 e. The summed E-state index contributed by atoms with van der Waals surface area (Å²) in [6.07, 6.45) is 1.63. The summed E-state index contributed by atoms with van der Waals surface area (Å²) in [6.45, 7) is 14.4. The first kappa shape index (κ1) is 16.5. The first-order valence-electron chi connectivity index (χ1n) is 7.61. The SMILES string of the molecule is CC(C(=O)N1CCC([C@@H](C)C(C)(C)C)CC1)[C@H](C)O. The summed E-state index contributed by atoms with van der Waals surface area (Å²) < 4.78 is 0. The second-order valence-corrected chi connectivity index (χ2v) is 7.35. The van der Waals surface area contributed by atoms with Crippen LogP contribution in [0.4, 0.5) is 0 Å². The molecule has 3 heteroatoms. The van der Waals surface area contributed by atoms with Crippen molar-refractivity contribution in [2.45, 2.75) is 60.5 Å². The van der Waals surface area contributed by atoms with E-state index in [0.29, 0.717) is 17.3 Å². The molecule has 3 nitrogen and oxygen atoms in total. The van der Waals surface area contributed by atoms with Gasteiger partial charge in [0.25, 0.3) is 0 Å². The predicted octanol–water partition coefficient (Wildman–Crippen LogP) is 2.92. The zero-order valence-electron chi connectivity index (χ0n) is 13.4. The third kappa shape index (κ3) is 4.20. The number of rotatable bonds is 3. The van der Waals surface area contributed by atoms with Gasteiger partial charge in [-0.3, -0.25) is 4.79 Å². The van der Waals surface area contributed by atoms with Crippen LogP contribution in [0.25, 0.3) is 0 Å². The van der Waals surface area contributed by atoms with Crippen molar-refractivity contribution in [3.8, 4) is 0 Å². The maximum Gasteiger partial charge on any atom is 0.227 e. The van der Waals surface area contributed by atoms with Gasteiger partial charge in [0.15, 0.2) is 0 Å². The molecule has 0 aromatic carbocycles. The number of aliphatic hydroxyl groups excluding tert-OH is 1. The molecule has 1 saturated heterocycles. The lowest BCUT2D eigenvalue weighted by Gasteiger charge is -2.40. The van der Waals surface area contributed by atoms with Crippen LogP contribution < -0.4 is 0 Å². The molecule has 0 radical (unpaired) electrons. The second kappa shape index (κ2) is 6.25. The molecule has 0 aromatic rings. The van der Waals surface area contributed by atoms with Crippen LogP contribution in [0.5, 0.6) is 0 Å². The number of piperidine rings is 1. The van der Waals surface area contributed by atoms with Crippen LogP contribution in [0.15, 0.2) is 0 Å². The molecule has 0 spiro atoms. The molecule has 1 aliphatic heterocycles. The fraction of sp³-hybridized carbons (Fsp3) is 0.938. The van der Waals surface area contributed by atoms with Crippen molar-refractivity contribution in [3.63, 3.8) is 0 Å². The van der Waals surface area contributed by atoms with Crippen LogP contribution in [-0.2, 0) is 4.79 Å². The van der Waals surface area contributed by atoms with Crippen molar-refractivity contribution < 1.29 is 9.90 Å². The van der Waals surface area contributed by atoms with E-state index in [2.05, 4.69) is 27.7 Å². The lowest BCUT2D eigenvalue weighted by atomic mass is 9.71. The van der Waals surface area contributed by atoms with E-state index < -0.39 is 6.10 Å². The van der Waals surface area contributed by atoms with E-state index in [9.17, 15) is 9.90 Å². The average Bonchev–Trinajstić information content (AvgIpc) is 2.35. The van der Waals surface area contributed by atoms with E-state index >= 15 is 0 Å². The van der Waals surface area contributed by atoms with Crippen LogP contribution >= 0.6 is 0 Å². The fourth-order valence-electron chi connectivity index (χ4n) is 2.82. The van der Waals surface area contributed by atoms with E-state index in [-0.39, 0.29) is 11.8 Å². The van der Waals surface area contributed by atoms with E-state index in [4.69, 9.17) is 0 Å². The molecule has 1 fully saturated rings. The van der Waals surface area contributed by atoms with Gasteiger partial charge < -0.3 is 10.0 Å². The first-order valence-corrected chi connectivity index (χ1v) is 7.61. The molecule has 1 N–H and O–H groups in total. The van der Waals surface area contributed by atoms with Crippen molar-refractivity contribution >= 4 is 5.91 Å². The Bertz CT molecular complexity index is 298. The molecule has 1 amide bonds. The molecule has 3 atom stereocenters. The summed E-state index contributed by atoms with van der Waals surface area (Å²) in [5.74, 6) is 1.22. The molecule has 0 aliphatic carbocycles. The first-order chi connectivity index (χ1) is 8.64. The fourth-order valence-corrected chi connectivity index (χ4v) is 2.82. The summed E-state index contributed by atoms with van der Waals surface area (Å²) in [7, 11) is 0. The Morgan fingerprint density at radius 3 is 2.00 bits per heavy atom. The van der Waals surface area contributed by atoms with E-state index in [1.807, 2.05) is 11.8 Å². The number of carbonyl (C=O) groups excluding carboxylic acids is 1. The van der Waals surface area contributed by atoms with Crippen molar-refractivity contribution in [2.24, 2.45) is 23.2 Å². The Morgan fingerprint density at radius 2 is 1.63 bits per heavy atom. The van der Waals surface area contributed by atoms with Crippen LogP contribution in [-0.4, -0.2) is 35.1 Å². The van der Waals surface area contributed by atoms with E-state index in [1.165, 1.54) is 0 Å². The van der Waals surface area contributed by atoms with Gasteiger partial charge in [0, 0.05) is 13.1 Å². The third-order valence-corrected chi connectivity index (χ3v) is 5.04. The molecule has 1 heterocycles. The number of hydrogen-bond donors (Lipinski definition) is 1. The molecule has 112 valence electrons. The molecule has 1 aliphatic rings. The van der Waals surface area contributed by atoms with Crippen LogP contribution in [0.2, 0.25) is 0 Å².